The van der Waals surface area contributed by atoms with Gasteiger partial charge < -0.3 is 4.57 Å². The zero-order valence-electron chi connectivity index (χ0n) is 8.36. The van der Waals surface area contributed by atoms with Crippen LogP contribution in [0.5, 0.6) is 0 Å². The monoisotopic (exact) mass is 195 g/mol. The molecule has 0 N–H and O–H groups in total. The van der Waals surface area contributed by atoms with Crippen molar-refractivity contribution >= 4 is 10.9 Å². The second-order valence-electron chi connectivity index (χ2n) is 3.55. The molecule has 0 saturated heterocycles. The SMILES string of the molecule is Cc1c(C)n(C)c2cc(F)cc(F)c12. The van der Waals surface area contributed by atoms with Gasteiger partial charge in [0.1, 0.15) is 11.6 Å². The van der Waals surface area contributed by atoms with Gasteiger partial charge in [-0.05, 0) is 25.5 Å². The lowest BCUT2D eigenvalue weighted by atomic mass is 10.1. The van der Waals surface area contributed by atoms with Crippen LogP contribution in [0.1, 0.15) is 11.3 Å². The largest absolute Gasteiger partial charge is 0.348 e. The van der Waals surface area contributed by atoms with E-state index < -0.39 is 11.6 Å². The van der Waals surface area contributed by atoms with Gasteiger partial charge in [0.25, 0.3) is 0 Å². The summed E-state index contributed by atoms with van der Waals surface area (Å²) in [5.74, 6) is -1.02. The molecule has 0 aliphatic rings. The van der Waals surface area contributed by atoms with Gasteiger partial charge in [-0.25, -0.2) is 8.78 Å². The molecule has 3 heteroatoms. The average Bonchev–Trinajstić information content (AvgIpc) is 2.31. The number of rotatable bonds is 0. The van der Waals surface area contributed by atoms with Crippen LogP contribution in [0.3, 0.4) is 0 Å². The Kier molecular flexibility index (Phi) is 1.84. The highest BCUT2D eigenvalue weighted by Crippen LogP contribution is 2.27. The normalized spacial score (nSPS) is 11.2. The van der Waals surface area contributed by atoms with Crippen molar-refractivity contribution in [1.29, 1.82) is 0 Å². The summed E-state index contributed by atoms with van der Waals surface area (Å²) in [6, 6.07) is 2.28. The van der Waals surface area contributed by atoms with Crippen LogP contribution in [0.2, 0.25) is 0 Å². The highest BCUT2D eigenvalue weighted by molar-refractivity contribution is 5.85. The standard InChI is InChI=1S/C11H11F2N/c1-6-7(2)14(3)10-5-8(12)4-9(13)11(6)10/h4-5H,1-3H3. The van der Waals surface area contributed by atoms with Crippen molar-refractivity contribution in [2.45, 2.75) is 13.8 Å². The van der Waals surface area contributed by atoms with Gasteiger partial charge in [0.15, 0.2) is 0 Å². The Morgan fingerprint density at radius 1 is 1.14 bits per heavy atom. The molecule has 0 spiro atoms. The van der Waals surface area contributed by atoms with Crippen LogP contribution < -0.4 is 0 Å². The molecule has 0 aliphatic heterocycles. The van der Waals surface area contributed by atoms with E-state index in [1.54, 1.807) is 4.57 Å². The molecule has 0 radical (unpaired) electrons. The van der Waals surface area contributed by atoms with Gasteiger partial charge >= 0.3 is 0 Å². The predicted molar refractivity (Wildman–Crippen MR) is 52.3 cm³/mol. The van der Waals surface area contributed by atoms with Gasteiger partial charge in [0.05, 0.1) is 5.52 Å². The van der Waals surface area contributed by atoms with Crippen LogP contribution in [0.15, 0.2) is 12.1 Å². The average molecular weight is 195 g/mol. The number of hydrogen-bond acceptors (Lipinski definition) is 0. The second kappa shape index (κ2) is 2.80. The number of nitrogens with zero attached hydrogens (tertiary/aromatic N) is 1. The summed E-state index contributed by atoms with van der Waals surface area (Å²) in [4.78, 5) is 0. The maximum absolute atomic E-state index is 13.4. The lowest BCUT2D eigenvalue weighted by Gasteiger charge is -1.98. The highest BCUT2D eigenvalue weighted by atomic mass is 19.1. The van der Waals surface area contributed by atoms with Crippen molar-refractivity contribution < 1.29 is 8.78 Å². The van der Waals surface area contributed by atoms with E-state index in [9.17, 15) is 8.78 Å². The summed E-state index contributed by atoms with van der Waals surface area (Å²) < 4.78 is 28.2. The summed E-state index contributed by atoms with van der Waals surface area (Å²) in [5.41, 5.74) is 2.45. The molecule has 2 rings (SSSR count). The number of aryl methyl sites for hydroxylation is 2. The fourth-order valence-electron chi connectivity index (χ4n) is 1.81. The molecule has 0 bridgehead atoms. The minimum Gasteiger partial charge on any atom is -0.348 e. The maximum atomic E-state index is 13.4. The third-order valence-corrected chi connectivity index (χ3v) is 2.82. The van der Waals surface area contributed by atoms with Crippen molar-refractivity contribution in [3.05, 3.63) is 35.0 Å². The molecular weight excluding hydrogens is 184 g/mol. The van der Waals surface area contributed by atoms with Crippen molar-refractivity contribution in [3.63, 3.8) is 0 Å². The van der Waals surface area contributed by atoms with E-state index in [1.165, 1.54) is 6.07 Å². The fraction of sp³-hybridized carbons (Fsp3) is 0.273. The Labute approximate surface area is 81.0 Å². The lowest BCUT2D eigenvalue weighted by molar-refractivity contribution is 0.591. The molecule has 0 unspecified atom stereocenters. The van der Waals surface area contributed by atoms with E-state index in [-0.39, 0.29) is 0 Å². The van der Waals surface area contributed by atoms with Gasteiger partial charge in [-0.15, -0.1) is 0 Å². The molecule has 74 valence electrons. The van der Waals surface area contributed by atoms with Gasteiger partial charge in [0.2, 0.25) is 0 Å². The van der Waals surface area contributed by atoms with E-state index in [0.29, 0.717) is 10.9 Å². The maximum Gasteiger partial charge on any atom is 0.135 e. The Bertz CT molecular complexity index is 512. The molecule has 1 aromatic carbocycles. The minimum atomic E-state index is -0.532. The van der Waals surface area contributed by atoms with Crippen LogP contribution in [0.4, 0.5) is 8.78 Å². The highest BCUT2D eigenvalue weighted by Gasteiger charge is 2.13. The van der Waals surface area contributed by atoms with Gasteiger partial charge in [-0.2, -0.15) is 0 Å². The third kappa shape index (κ3) is 1.05. The summed E-state index contributed by atoms with van der Waals surface area (Å²) in [7, 11) is 1.81. The molecule has 14 heavy (non-hydrogen) atoms. The molecule has 1 nitrogen and oxygen atoms in total. The first-order valence-electron chi connectivity index (χ1n) is 4.43. The first-order chi connectivity index (χ1) is 6.52. The van der Waals surface area contributed by atoms with Crippen LogP contribution in [0, 0.1) is 25.5 Å². The molecule has 0 saturated carbocycles. The van der Waals surface area contributed by atoms with Gasteiger partial charge in [-0.3, -0.25) is 0 Å². The Morgan fingerprint density at radius 2 is 1.79 bits per heavy atom. The number of benzene rings is 1. The Hall–Kier alpha value is -1.38. The number of fused-ring (bicyclic) bond motifs is 1. The van der Waals surface area contributed by atoms with Crippen LogP contribution in [-0.4, -0.2) is 4.57 Å². The van der Waals surface area contributed by atoms with Crippen molar-refractivity contribution in [3.8, 4) is 0 Å². The summed E-state index contributed by atoms with van der Waals surface area (Å²) >= 11 is 0. The molecular formula is C11H11F2N. The molecule has 1 aromatic heterocycles. The van der Waals surface area contributed by atoms with Crippen LogP contribution >= 0.6 is 0 Å². The Morgan fingerprint density at radius 3 is 2.43 bits per heavy atom. The Balaban J connectivity index is 3.02. The van der Waals surface area contributed by atoms with Crippen LogP contribution in [0.25, 0.3) is 10.9 Å². The molecule has 1 heterocycles. The van der Waals surface area contributed by atoms with E-state index in [1.807, 2.05) is 20.9 Å². The summed E-state index contributed by atoms with van der Waals surface area (Å²) in [6.07, 6.45) is 0. The van der Waals surface area contributed by atoms with Gasteiger partial charge in [-0.1, -0.05) is 0 Å². The fourth-order valence-corrected chi connectivity index (χ4v) is 1.81. The summed E-state index contributed by atoms with van der Waals surface area (Å²) in [6.45, 7) is 3.74. The lowest BCUT2D eigenvalue weighted by Crippen LogP contribution is -1.90. The molecule has 0 fully saturated rings. The number of aromatic nitrogens is 1. The van der Waals surface area contributed by atoms with E-state index in [4.69, 9.17) is 0 Å². The quantitative estimate of drug-likeness (QED) is 0.608. The number of hydrogen-bond donors (Lipinski definition) is 0. The molecule has 0 aliphatic carbocycles. The zero-order chi connectivity index (χ0) is 10.5. The van der Waals surface area contributed by atoms with E-state index in [0.717, 1.165) is 17.3 Å². The molecule has 0 atom stereocenters. The van der Waals surface area contributed by atoms with Crippen molar-refractivity contribution in [1.82, 2.24) is 4.57 Å². The van der Waals surface area contributed by atoms with Crippen LogP contribution in [-0.2, 0) is 7.05 Å². The van der Waals surface area contributed by atoms with Crippen molar-refractivity contribution in [2.24, 2.45) is 7.05 Å². The third-order valence-electron chi connectivity index (χ3n) is 2.82. The minimum absolute atomic E-state index is 0.485. The zero-order valence-corrected chi connectivity index (χ0v) is 8.36. The van der Waals surface area contributed by atoms with E-state index >= 15 is 0 Å². The number of halogens is 2. The van der Waals surface area contributed by atoms with Gasteiger partial charge in [0, 0.05) is 24.2 Å². The second-order valence-corrected chi connectivity index (χ2v) is 3.55. The smallest absolute Gasteiger partial charge is 0.135 e. The molecule has 2 aromatic rings. The topological polar surface area (TPSA) is 4.93 Å². The van der Waals surface area contributed by atoms with Crippen molar-refractivity contribution in [2.75, 3.05) is 0 Å². The van der Waals surface area contributed by atoms with E-state index in [2.05, 4.69) is 0 Å². The first kappa shape index (κ1) is 9.19. The summed E-state index contributed by atoms with van der Waals surface area (Å²) in [5, 5.41) is 0.520. The molecule has 0 amide bonds. The first-order valence-corrected chi connectivity index (χ1v) is 4.43. The predicted octanol–water partition coefficient (Wildman–Crippen LogP) is 3.07.